The van der Waals surface area contributed by atoms with Gasteiger partial charge in [-0.05, 0) is 39.4 Å². The average molecular weight is 220 g/mol. The molecule has 1 aliphatic rings. The van der Waals surface area contributed by atoms with Crippen LogP contribution in [-0.2, 0) is 9.84 Å². The molecule has 0 amide bonds. The van der Waals surface area contributed by atoms with Gasteiger partial charge in [0, 0.05) is 6.04 Å². The molecular weight excluding hydrogens is 200 g/mol. The summed E-state index contributed by atoms with van der Waals surface area (Å²) in [5, 5.41) is 0. The summed E-state index contributed by atoms with van der Waals surface area (Å²) in [6.45, 7) is 1.68. The molecule has 14 heavy (non-hydrogen) atoms. The zero-order valence-electron chi connectivity index (χ0n) is 8.78. The normalized spacial score (nSPS) is 22.8. The predicted octanol–water partition coefficient (Wildman–Crippen LogP) is -0.156. The van der Waals surface area contributed by atoms with E-state index < -0.39 is 9.84 Å². The number of sulfone groups is 1. The second kappa shape index (κ2) is 5.09. The highest BCUT2D eigenvalue weighted by atomic mass is 32.2. The van der Waals surface area contributed by atoms with Gasteiger partial charge in [0.1, 0.15) is 9.84 Å². The standard InChI is InChI=1S/C9H20N2O2S/c1-11(6-2-5-10)9-3-7-14(12,13)8-4-9/h9H,2-8,10H2,1H3. The summed E-state index contributed by atoms with van der Waals surface area (Å²) < 4.78 is 22.4. The van der Waals surface area contributed by atoms with Gasteiger partial charge in [-0.15, -0.1) is 0 Å². The fourth-order valence-corrected chi connectivity index (χ4v) is 3.31. The molecule has 1 fully saturated rings. The number of nitrogens with two attached hydrogens (primary N) is 1. The Morgan fingerprint density at radius 2 is 1.93 bits per heavy atom. The molecule has 1 rings (SSSR count). The lowest BCUT2D eigenvalue weighted by molar-refractivity contribution is 0.225. The second-order valence-corrected chi connectivity index (χ2v) is 6.31. The smallest absolute Gasteiger partial charge is 0.150 e. The van der Waals surface area contributed by atoms with E-state index in [0.29, 0.717) is 24.1 Å². The summed E-state index contributed by atoms with van der Waals surface area (Å²) >= 11 is 0. The SMILES string of the molecule is CN(CCCN)C1CCS(=O)(=O)CC1. The minimum absolute atomic E-state index is 0.352. The van der Waals surface area contributed by atoms with Crippen LogP contribution in [0, 0.1) is 0 Å². The first-order valence-corrected chi connectivity index (χ1v) is 6.98. The lowest BCUT2D eigenvalue weighted by atomic mass is 10.1. The highest BCUT2D eigenvalue weighted by molar-refractivity contribution is 7.91. The highest BCUT2D eigenvalue weighted by Crippen LogP contribution is 2.16. The molecule has 0 spiro atoms. The Balaban J connectivity index is 2.34. The Morgan fingerprint density at radius 1 is 1.36 bits per heavy atom. The van der Waals surface area contributed by atoms with Crippen molar-refractivity contribution < 1.29 is 8.42 Å². The third kappa shape index (κ3) is 3.55. The number of nitrogens with zero attached hydrogens (tertiary/aromatic N) is 1. The summed E-state index contributed by atoms with van der Waals surface area (Å²) in [5.41, 5.74) is 5.43. The van der Waals surface area contributed by atoms with Gasteiger partial charge in [0.2, 0.25) is 0 Å². The zero-order valence-corrected chi connectivity index (χ0v) is 9.59. The molecule has 0 aromatic rings. The lowest BCUT2D eigenvalue weighted by Crippen LogP contribution is -2.39. The molecular formula is C9H20N2O2S. The van der Waals surface area contributed by atoms with Crippen molar-refractivity contribution in [2.24, 2.45) is 5.73 Å². The molecule has 1 aliphatic heterocycles. The Morgan fingerprint density at radius 3 is 2.43 bits per heavy atom. The van der Waals surface area contributed by atoms with Gasteiger partial charge in [0.25, 0.3) is 0 Å². The van der Waals surface area contributed by atoms with Gasteiger partial charge in [-0.2, -0.15) is 0 Å². The molecule has 0 aliphatic carbocycles. The Labute approximate surface area is 86.4 Å². The zero-order chi connectivity index (χ0) is 10.6. The summed E-state index contributed by atoms with van der Waals surface area (Å²) in [6, 6.07) is 0.435. The van der Waals surface area contributed by atoms with Gasteiger partial charge >= 0.3 is 0 Å². The molecule has 0 aromatic heterocycles. The van der Waals surface area contributed by atoms with Crippen LogP contribution >= 0.6 is 0 Å². The molecule has 2 N–H and O–H groups in total. The van der Waals surface area contributed by atoms with E-state index in [1.54, 1.807) is 0 Å². The van der Waals surface area contributed by atoms with Crippen molar-refractivity contribution in [3.8, 4) is 0 Å². The minimum Gasteiger partial charge on any atom is -0.330 e. The van der Waals surface area contributed by atoms with Gasteiger partial charge in [-0.1, -0.05) is 0 Å². The van der Waals surface area contributed by atoms with E-state index in [1.807, 2.05) is 0 Å². The summed E-state index contributed by atoms with van der Waals surface area (Å²) in [6.07, 6.45) is 2.55. The van der Waals surface area contributed by atoms with Crippen LogP contribution < -0.4 is 5.73 Å². The molecule has 0 aromatic carbocycles. The molecule has 1 heterocycles. The van der Waals surface area contributed by atoms with Crippen LogP contribution in [0.2, 0.25) is 0 Å². The quantitative estimate of drug-likeness (QED) is 0.715. The van der Waals surface area contributed by atoms with Crippen molar-refractivity contribution in [1.82, 2.24) is 4.90 Å². The van der Waals surface area contributed by atoms with E-state index in [1.165, 1.54) is 0 Å². The van der Waals surface area contributed by atoms with Crippen LogP contribution in [0.4, 0.5) is 0 Å². The maximum absolute atomic E-state index is 11.2. The Hall–Kier alpha value is -0.130. The topological polar surface area (TPSA) is 63.4 Å². The molecule has 0 saturated carbocycles. The first kappa shape index (κ1) is 11.9. The lowest BCUT2D eigenvalue weighted by Gasteiger charge is -2.30. The molecule has 0 bridgehead atoms. The third-order valence-corrected chi connectivity index (χ3v) is 4.58. The number of hydrogen-bond acceptors (Lipinski definition) is 4. The van der Waals surface area contributed by atoms with Crippen LogP contribution in [-0.4, -0.2) is 51.0 Å². The van der Waals surface area contributed by atoms with Crippen LogP contribution in [0.25, 0.3) is 0 Å². The van der Waals surface area contributed by atoms with E-state index in [-0.39, 0.29) is 0 Å². The number of hydrogen-bond donors (Lipinski definition) is 1. The van der Waals surface area contributed by atoms with Gasteiger partial charge in [0.15, 0.2) is 0 Å². The molecule has 5 heteroatoms. The van der Waals surface area contributed by atoms with Crippen molar-refractivity contribution >= 4 is 9.84 Å². The second-order valence-electron chi connectivity index (χ2n) is 4.01. The molecule has 1 saturated heterocycles. The van der Waals surface area contributed by atoms with Crippen LogP contribution in [0.5, 0.6) is 0 Å². The summed E-state index contributed by atoms with van der Waals surface area (Å²) in [7, 11) is -0.667. The maximum Gasteiger partial charge on any atom is 0.150 e. The maximum atomic E-state index is 11.2. The van der Waals surface area contributed by atoms with E-state index in [2.05, 4.69) is 11.9 Å². The molecule has 0 unspecified atom stereocenters. The van der Waals surface area contributed by atoms with Gasteiger partial charge in [-0.25, -0.2) is 8.42 Å². The van der Waals surface area contributed by atoms with Crippen molar-refractivity contribution in [1.29, 1.82) is 0 Å². The summed E-state index contributed by atoms with van der Waals surface area (Å²) in [4.78, 5) is 2.24. The molecule has 0 atom stereocenters. The molecule has 84 valence electrons. The average Bonchev–Trinajstić information content (AvgIpc) is 2.14. The number of rotatable bonds is 4. The largest absolute Gasteiger partial charge is 0.330 e. The third-order valence-electron chi connectivity index (χ3n) is 2.86. The highest BCUT2D eigenvalue weighted by Gasteiger charge is 2.25. The van der Waals surface area contributed by atoms with E-state index in [0.717, 1.165) is 25.8 Å². The first-order valence-electron chi connectivity index (χ1n) is 5.16. The monoisotopic (exact) mass is 220 g/mol. The molecule has 0 radical (unpaired) electrons. The van der Waals surface area contributed by atoms with Gasteiger partial charge < -0.3 is 10.6 Å². The van der Waals surface area contributed by atoms with E-state index in [4.69, 9.17) is 5.73 Å². The van der Waals surface area contributed by atoms with E-state index >= 15 is 0 Å². The first-order chi connectivity index (χ1) is 6.55. The van der Waals surface area contributed by atoms with Gasteiger partial charge in [0.05, 0.1) is 11.5 Å². The fraction of sp³-hybridized carbons (Fsp3) is 1.00. The predicted molar refractivity (Wildman–Crippen MR) is 58.0 cm³/mol. The summed E-state index contributed by atoms with van der Waals surface area (Å²) in [5.74, 6) is 0.704. The van der Waals surface area contributed by atoms with Crippen LogP contribution in [0.3, 0.4) is 0 Å². The fourth-order valence-electron chi connectivity index (χ4n) is 1.84. The Bertz CT molecular complexity index is 250. The Kier molecular flexibility index (Phi) is 4.34. The van der Waals surface area contributed by atoms with Crippen molar-refractivity contribution in [2.75, 3.05) is 31.6 Å². The van der Waals surface area contributed by atoms with Crippen molar-refractivity contribution in [3.05, 3.63) is 0 Å². The van der Waals surface area contributed by atoms with Crippen LogP contribution in [0.15, 0.2) is 0 Å². The van der Waals surface area contributed by atoms with E-state index in [9.17, 15) is 8.42 Å². The van der Waals surface area contributed by atoms with Crippen molar-refractivity contribution in [3.63, 3.8) is 0 Å². The molecule has 4 nitrogen and oxygen atoms in total. The van der Waals surface area contributed by atoms with Crippen molar-refractivity contribution in [2.45, 2.75) is 25.3 Å². The minimum atomic E-state index is -2.72. The van der Waals surface area contributed by atoms with Gasteiger partial charge in [-0.3, -0.25) is 0 Å². The van der Waals surface area contributed by atoms with Crippen LogP contribution in [0.1, 0.15) is 19.3 Å².